The van der Waals surface area contributed by atoms with Gasteiger partial charge in [0.2, 0.25) is 5.91 Å². The summed E-state index contributed by atoms with van der Waals surface area (Å²) in [5.74, 6) is 0.745. The summed E-state index contributed by atoms with van der Waals surface area (Å²) in [6.45, 7) is 0. The Hall–Kier alpha value is -2.56. The van der Waals surface area contributed by atoms with Crippen molar-refractivity contribution in [1.29, 1.82) is 0 Å². The Bertz CT molecular complexity index is 636. The molecule has 1 amide bonds. The molecule has 0 atom stereocenters. The zero-order valence-corrected chi connectivity index (χ0v) is 12.6. The Labute approximate surface area is 128 Å². The van der Waals surface area contributed by atoms with Gasteiger partial charge in [-0.05, 0) is 24.1 Å². The Morgan fingerprint density at radius 1 is 1.09 bits per heavy atom. The van der Waals surface area contributed by atoms with Crippen LogP contribution in [-0.4, -0.2) is 20.1 Å². The molecule has 5 heteroatoms. The number of hydrogen-bond donors (Lipinski definition) is 1. The molecule has 0 spiro atoms. The molecular weight excluding hydrogens is 285 g/mol. The van der Waals surface area contributed by atoms with Crippen molar-refractivity contribution in [2.45, 2.75) is 12.8 Å². The van der Waals surface area contributed by atoms with Gasteiger partial charge in [-0.25, -0.2) is 4.39 Å². The zero-order valence-electron chi connectivity index (χ0n) is 12.6. The molecule has 116 valence electrons. The molecule has 0 radical (unpaired) electrons. The van der Waals surface area contributed by atoms with Gasteiger partial charge in [0, 0.05) is 30.3 Å². The van der Waals surface area contributed by atoms with Crippen LogP contribution >= 0.6 is 0 Å². The van der Waals surface area contributed by atoms with E-state index in [1.165, 1.54) is 12.1 Å². The maximum absolute atomic E-state index is 13.1. The van der Waals surface area contributed by atoms with E-state index in [-0.39, 0.29) is 18.1 Å². The quantitative estimate of drug-likeness (QED) is 0.889. The van der Waals surface area contributed by atoms with Crippen molar-refractivity contribution in [3.8, 4) is 11.5 Å². The van der Waals surface area contributed by atoms with Gasteiger partial charge in [-0.15, -0.1) is 0 Å². The number of carbonyl (C=O) groups is 1. The smallest absolute Gasteiger partial charge is 0.224 e. The molecule has 0 aliphatic rings. The molecule has 0 saturated heterocycles. The van der Waals surface area contributed by atoms with Gasteiger partial charge in [0.1, 0.15) is 17.3 Å². The number of anilines is 1. The molecule has 0 bridgehead atoms. The van der Waals surface area contributed by atoms with E-state index in [1.807, 2.05) is 0 Å². The third-order valence-electron chi connectivity index (χ3n) is 3.16. The maximum atomic E-state index is 13.1. The largest absolute Gasteiger partial charge is 0.497 e. The number of halogens is 1. The van der Waals surface area contributed by atoms with Crippen molar-refractivity contribution in [3.05, 3.63) is 53.8 Å². The number of nitrogens with one attached hydrogen (secondary N) is 1. The highest BCUT2D eigenvalue weighted by Crippen LogP contribution is 2.25. The zero-order chi connectivity index (χ0) is 15.9. The van der Waals surface area contributed by atoms with Crippen LogP contribution in [0.15, 0.2) is 42.5 Å². The molecule has 1 N–H and O–H groups in total. The molecule has 0 aliphatic heterocycles. The average Bonchev–Trinajstić information content (AvgIpc) is 2.52. The summed E-state index contributed by atoms with van der Waals surface area (Å²) in [5, 5.41) is 2.78. The van der Waals surface area contributed by atoms with Crippen molar-refractivity contribution in [2.24, 2.45) is 0 Å². The van der Waals surface area contributed by atoms with E-state index in [9.17, 15) is 9.18 Å². The SMILES string of the molecule is COc1cc(NC(=O)CCc2cccc(F)c2)cc(OC)c1. The summed E-state index contributed by atoms with van der Waals surface area (Å²) in [5.41, 5.74) is 1.39. The number of carbonyl (C=O) groups excluding carboxylic acids is 1. The lowest BCUT2D eigenvalue weighted by Crippen LogP contribution is -2.12. The summed E-state index contributed by atoms with van der Waals surface area (Å²) >= 11 is 0. The maximum Gasteiger partial charge on any atom is 0.224 e. The van der Waals surface area contributed by atoms with Gasteiger partial charge in [-0.1, -0.05) is 12.1 Å². The number of benzene rings is 2. The molecule has 2 aromatic rings. The fourth-order valence-electron chi connectivity index (χ4n) is 2.05. The van der Waals surface area contributed by atoms with Crippen LogP contribution in [0.5, 0.6) is 11.5 Å². The first-order valence-corrected chi connectivity index (χ1v) is 6.88. The van der Waals surface area contributed by atoms with E-state index in [0.717, 1.165) is 5.56 Å². The minimum absolute atomic E-state index is 0.153. The number of rotatable bonds is 6. The first kappa shape index (κ1) is 15.8. The Kier molecular flexibility index (Phi) is 5.36. The van der Waals surface area contributed by atoms with Crippen molar-refractivity contribution in [1.82, 2.24) is 0 Å². The molecule has 0 aliphatic carbocycles. The molecule has 0 saturated carbocycles. The lowest BCUT2D eigenvalue weighted by molar-refractivity contribution is -0.116. The van der Waals surface area contributed by atoms with Crippen molar-refractivity contribution in [2.75, 3.05) is 19.5 Å². The van der Waals surface area contributed by atoms with Crippen molar-refractivity contribution in [3.63, 3.8) is 0 Å². The van der Waals surface area contributed by atoms with E-state index in [1.54, 1.807) is 44.6 Å². The number of hydrogen-bond acceptors (Lipinski definition) is 3. The van der Waals surface area contributed by atoms with Crippen LogP contribution in [0.25, 0.3) is 0 Å². The minimum Gasteiger partial charge on any atom is -0.497 e. The second kappa shape index (κ2) is 7.45. The van der Waals surface area contributed by atoms with E-state index in [2.05, 4.69) is 5.32 Å². The molecule has 0 unspecified atom stereocenters. The Balaban J connectivity index is 1.97. The van der Waals surface area contributed by atoms with Gasteiger partial charge in [0.25, 0.3) is 0 Å². The predicted octanol–water partition coefficient (Wildman–Crippen LogP) is 3.41. The van der Waals surface area contributed by atoms with Gasteiger partial charge in [-0.3, -0.25) is 4.79 Å². The first-order valence-electron chi connectivity index (χ1n) is 6.88. The van der Waals surface area contributed by atoms with Crippen molar-refractivity contribution >= 4 is 11.6 Å². The molecule has 2 rings (SSSR count). The molecule has 0 aromatic heterocycles. The third-order valence-corrected chi connectivity index (χ3v) is 3.16. The summed E-state index contributed by atoms with van der Waals surface area (Å²) < 4.78 is 23.4. The number of aryl methyl sites for hydroxylation is 1. The van der Waals surface area contributed by atoms with Crippen LogP contribution in [0.2, 0.25) is 0 Å². The van der Waals surface area contributed by atoms with E-state index < -0.39 is 0 Å². The molecule has 0 fully saturated rings. The second-order valence-corrected chi connectivity index (χ2v) is 4.78. The fraction of sp³-hybridized carbons (Fsp3) is 0.235. The molecule has 2 aromatic carbocycles. The van der Waals surface area contributed by atoms with Crippen LogP contribution < -0.4 is 14.8 Å². The summed E-state index contributed by atoms with van der Waals surface area (Å²) in [7, 11) is 3.09. The van der Waals surface area contributed by atoms with E-state index in [4.69, 9.17) is 9.47 Å². The van der Waals surface area contributed by atoms with Gasteiger partial charge in [0.05, 0.1) is 14.2 Å². The number of amides is 1. The van der Waals surface area contributed by atoms with Crippen LogP contribution in [0.1, 0.15) is 12.0 Å². The van der Waals surface area contributed by atoms with Gasteiger partial charge in [0.15, 0.2) is 0 Å². The Morgan fingerprint density at radius 2 is 1.77 bits per heavy atom. The highest BCUT2D eigenvalue weighted by Gasteiger charge is 2.07. The second-order valence-electron chi connectivity index (χ2n) is 4.78. The first-order chi connectivity index (χ1) is 10.6. The third kappa shape index (κ3) is 4.48. The average molecular weight is 303 g/mol. The minimum atomic E-state index is -0.296. The highest BCUT2D eigenvalue weighted by molar-refractivity contribution is 5.91. The van der Waals surface area contributed by atoms with Gasteiger partial charge >= 0.3 is 0 Å². The molecule has 0 heterocycles. The topological polar surface area (TPSA) is 47.6 Å². The predicted molar refractivity (Wildman–Crippen MR) is 82.9 cm³/mol. The monoisotopic (exact) mass is 303 g/mol. The Morgan fingerprint density at radius 3 is 2.36 bits per heavy atom. The van der Waals surface area contributed by atoms with Crippen LogP contribution in [0.4, 0.5) is 10.1 Å². The highest BCUT2D eigenvalue weighted by atomic mass is 19.1. The van der Waals surface area contributed by atoms with Crippen LogP contribution in [0.3, 0.4) is 0 Å². The van der Waals surface area contributed by atoms with Gasteiger partial charge < -0.3 is 14.8 Å². The molecular formula is C17H18FNO3. The molecule has 22 heavy (non-hydrogen) atoms. The van der Waals surface area contributed by atoms with Crippen LogP contribution in [0, 0.1) is 5.82 Å². The summed E-state index contributed by atoms with van der Waals surface area (Å²) in [6, 6.07) is 11.4. The van der Waals surface area contributed by atoms with E-state index >= 15 is 0 Å². The summed E-state index contributed by atoms with van der Waals surface area (Å²) in [6.07, 6.45) is 0.744. The molecule has 4 nitrogen and oxygen atoms in total. The standard InChI is InChI=1S/C17H18FNO3/c1-21-15-9-14(10-16(11-15)22-2)19-17(20)7-6-12-4-3-5-13(18)8-12/h3-5,8-11H,6-7H2,1-2H3,(H,19,20). The normalized spacial score (nSPS) is 10.1. The summed E-state index contributed by atoms with van der Waals surface area (Å²) in [4.78, 5) is 12.0. The lowest BCUT2D eigenvalue weighted by atomic mass is 10.1. The lowest BCUT2D eigenvalue weighted by Gasteiger charge is -2.10. The van der Waals surface area contributed by atoms with Gasteiger partial charge in [-0.2, -0.15) is 0 Å². The van der Waals surface area contributed by atoms with Crippen molar-refractivity contribution < 1.29 is 18.7 Å². The number of methoxy groups -OCH3 is 2. The number of ether oxygens (including phenoxy) is 2. The van der Waals surface area contributed by atoms with E-state index in [0.29, 0.717) is 23.6 Å². The van der Waals surface area contributed by atoms with Crippen LogP contribution in [-0.2, 0) is 11.2 Å². The fourth-order valence-corrected chi connectivity index (χ4v) is 2.05.